The number of carbonyl (C=O) groups is 1. The summed E-state index contributed by atoms with van der Waals surface area (Å²) in [6.07, 6.45) is 6.65. The Balaban J connectivity index is 1.18. The van der Waals surface area contributed by atoms with E-state index in [4.69, 9.17) is 4.74 Å². The van der Waals surface area contributed by atoms with Crippen molar-refractivity contribution in [1.82, 2.24) is 35.5 Å². The molecule has 11 nitrogen and oxygen atoms in total. The number of aromatic nitrogens is 6. The van der Waals surface area contributed by atoms with Gasteiger partial charge in [-0.1, -0.05) is 0 Å². The lowest BCUT2D eigenvalue weighted by Crippen LogP contribution is -2.42. The number of hydrogen-bond acceptors (Lipinski definition) is 10. The minimum atomic E-state index is -0.498. The van der Waals surface area contributed by atoms with Crippen LogP contribution in [0.4, 0.5) is 16.7 Å². The highest BCUT2D eigenvalue weighted by Crippen LogP contribution is 2.26. The minimum absolute atomic E-state index is 0.114. The first-order valence-corrected chi connectivity index (χ1v) is 13.3. The molecule has 4 N–H and O–H groups in total. The fourth-order valence-electron chi connectivity index (χ4n) is 4.26. The van der Waals surface area contributed by atoms with Crippen molar-refractivity contribution in [3.8, 4) is 11.4 Å². The van der Waals surface area contributed by atoms with E-state index < -0.39 is 5.60 Å². The molecular formula is C25H31N9O2S. The molecule has 0 aromatic carbocycles. The Kier molecular flexibility index (Phi) is 7.17. The maximum atomic E-state index is 12.0. The number of thiophene rings is 1. The van der Waals surface area contributed by atoms with Gasteiger partial charge in [-0.25, -0.2) is 19.7 Å². The minimum Gasteiger partial charge on any atom is -0.444 e. The van der Waals surface area contributed by atoms with Crippen molar-refractivity contribution in [2.75, 3.05) is 10.6 Å². The average molecular weight is 522 g/mol. The molecule has 37 heavy (non-hydrogen) atoms. The van der Waals surface area contributed by atoms with E-state index in [1.165, 1.54) is 5.56 Å². The number of ether oxygens (including phenoxy) is 1. The third-order valence-corrected chi connectivity index (χ3v) is 6.77. The molecule has 1 saturated carbocycles. The normalized spacial score (nSPS) is 17.9. The monoisotopic (exact) mass is 521 g/mol. The summed E-state index contributed by atoms with van der Waals surface area (Å²) < 4.78 is 5.36. The number of fused-ring (bicyclic) bond motifs is 1. The highest BCUT2D eigenvalue weighted by molar-refractivity contribution is 7.07. The van der Waals surface area contributed by atoms with Gasteiger partial charge in [-0.05, 0) is 74.9 Å². The van der Waals surface area contributed by atoms with Crippen LogP contribution in [0.15, 0.2) is 35.3 Å². The summed E-state index contributed by atoms with van der Waals surface area (Å²) in [6, 6.07) is 4.24. The maximum absolute atomic E-state index is 12.0. The van der Waals surface area contributed by atoms with Crippen molar-refractivity contribution in [2.45, 2.75) is 70.7 Å². The zero-order valence-corrected chi connectivity index (χ0v) is 21.9. The molecular weight excluding hydrogens is 490 g/mol. The number of alkyl carbamates (subject to hydrolysis) is 1. The second kappa shape index (κ2) is 10.7. The Morgan fingerprint density at radius 1 is 1.11 bits per heavy atom. The summed E-state index contributed by atoms with van der Waals surface area (Å²) in [6.45, 7) is 6.25. The number of nitrogens with one attached hydrogen (secondary N) is 4. The van der Waals surface area contributed by atoms with Crippen LogP contribution in [0, 0.1) is 0 Å². The Bertz CT molecular complexity index is 1340. The molecule has 1 aliphatic carbocycles. The van der Waals surface area contributed by atoms with E-state index in [9.17, 15) is 4.79 Å². The van der Waals surface area contributed by atoms with Crippen molar-refractivity contribution in [2.24, 2.45) is 0 Å². The van der Waals surface area contributed by atoms with E-state index in [0.717, 1.165) is 36.8 Å². The number of rotatable bonds is 7. The molecule has 0 aliphatic heterocycles. The largest absolute Gasteiger partial charge is 0.444 e. The van der Waals surface area contributed by atoms with Gasteiger partial charge in [0.2, 0.25) is 11.9 Å². The number of hydrogen-bond donors (Lipinski definition) is 4. The van der Waals surface area contributed by atoms with Gasteiger partial charge in [0.1, 0.15) is 5.60 Å². The Hall–Kier alpha value is -3.80. The summed E-state index contributed by atoms with van der Waals surface area (Å²) in [7, 11) is 0. The highest BCUT2D eigenvalue weighted by Gasteiger charge is 2.25. The van der Waals surface area contributed by atoms with Crippen LogP contribution in [-0.2, 0) is 11.3 Å². The van der Waals surface area contributed by atoms with Crippen LogP contribution in [-0.4, -0.2) is 53.9 Å². The van der Waals surface area contributed by atoms with E-state index >= 15 is 0 Å². The van der Waals surface area contributed by atoms with Crippen molar-refractivity contribution < 1.29 is 9.53 Å². The fourth-order valence-corrected chi connectivity index (χ4v) is 4.93. The molecule has 0 atom stereocenters. The average Bonchev–Trinajstić information content (AvgIpc) is 3.53. The predicted molar refractivity (Wildman–Crippen MR) is 143 cm³/mol. The Morgan fingerprint density at radius 2 is 1.92 bits per heavy atom. The van der Waals surface area contributed by atoms with Crippen molar-refractivity contribution in [3.63, 3.8) is 0 Å². The van der Waals surface area contributed by atoms with Gasteiger partial charge in [-0.3, -0.25) is 5.10 Å². The molecule has 1 amide bonds. The molecule has 4 heterocycles. The summed E-state index contributed by atoms with van der Waals surface area (Å²) in [5.41, 5.74) is 2.72. The predicted octanol–water partition coefficient (Wildman–Crippen LogP) is 4.73. The molecule has 4 aromatic rings. The highest BCUT2D eigenvalue weighted by atomic mass is 32.1. The van der Waals surface area contributed by atoms with E-state index in [0.29, 0.717) is 29.8 Å². The molecule has 1 aliphatic rings. The molecule has 0 radical (unpaired) electrons. The number of aromatic amines is 1. The Morgan fingerprint density at radius 3 is 2.68 bits per heavy atom. The molecule has 12 heteroatoms. The lowest BCUT2D eigenvalue weighted by Gasteiger charge is -2.30. The summed E-state index contributed by atoms with van der Waals surface area (Å²) >= 11 is 1.66. The van der Waals surface area contributed by atoms with Crippen LogP contribution in [0.1, 0.15) is 52.0 Å². The van der Waals surface area contributed by atoms with Gasteiger partial charge in [-0.2, -0.15) is 21.4 Å². The number of H-pyrrole nitrogens is 1. The van der Waals surface area contributed by atoms with E-state index in [1.54, 1.807) is 23.7 Å². The summed E-state index contributed by atoms with van der Waals surface area (Å²) in [5.74, 6) is 1.08. The van der Waals surface area contributed by atoms with Crippen LogP contribution in [0.3, 0.4) is 0 Å². The molecule has 0 bridgehead atoms. The molecule has 1 fully saturated rings. The molecule has 0 unspecified atom stereocenters. The first-order chi connectivity index (χ1) is 17.8. The van der Waals surface area contributed by atoms with Gasteiger partial charge in [0.05, 0.1) is 16.8 Å². The van der Waals surface area contributed by atoms with Crippen LogP contribution in [0.5, 0.6) is 0 Å². The quantitative estimate of drug-likeness (QED) is 0.271. The summed E-state index contributed by atoms with van der Waals surface area (Å²) in [4.78, 5) is 30.1. The number of anilines is 2. The number of amides is 1. The number of nitrogens with zero attached hydrogens (tertiary/aromatic N) is 5. The van der Waals surface area contributed by atoms with Crippen molar-refractivity contribution >= 4 is 40.4 Å². The molecule has 4 aromatic heterocycles. The standard InChI is InChI=1S/C25H31N9O2S/c1-25(2,3)36-24(35)30-17-6-4-16(5-7-17)29-23-28-13-18-20(33-34-21(18)32-23)19-8-10-26-22(31-19)27-12-15-9-11-37-14-15/h8-11,13-14,16-17H,4-7,12H2,1-3H3,(H,30,35)(H,26,27,31)(H2,28,29,32,33,34). The second-order valence-electron chi connectivity index (χ2n) is 10.1. The van der Waals surface area contributed by atoms with Crippen molar-refractivity contribution in [1.29, 1.82) is 0 Å². The van der Waals surface area contributed by atoms with Gasteiger partial charge in [0, 0.05) is 31.0 Å². The van der Waals surface area contributed by atoms with Gasteiger partial charge in [0.25, 0.3) is 0 Å². The van der Waals surface area contributed by atoms with Crippen molar-refractivity contribution in [3.05, 3.63) is 40.8 Å². The van der Waals surface area contributed by atoms with Gasteiger partial charge in [-0.15, -0.1) is 0 Å². The zero-order valence-electron chi connectivity index (χ0n) is 21.1. The van der Waals surface area contributed by atoms with Gasteiger partial charge < -0.3 is 20.7 Å². The lowest BCUT2D eigenvalue weighted by atomic mass is 9.91. The first-order valence-electron chi connectivity index (χ1n) is 12.4. The molecule has 5 rings (SSSR count). The smallest absolute Gasteiger partial charge is 0.407 e. The van der Waals surface area contributed by atoms with Crippen LogP contribution in [0.2, 0.25) is 0 Å². The maximum Gasteiger partial charge on any atom is 0.407 e. The molecule has 0 spiro atoms. The fraction of sp³-hybridized carbons (Fsp3) is 0.440. The van der Waals surface area contributed by atoms with Crippen LogP contribution < -0.4 is 16.0 Å². The molecule has 194 valence electrons. The van der Waals surface area contributed by atoms with Gasteiger partial charge in [0.15, 0.2) is 5.65 Å². The zero-order chi connectivity index (χ0) is 25.8. The SMILES string of the molecule is CC(C)(C)OC(=O)NC1CCC(Nc2ncc3c(-c4ccnc(NCc5ccsc5)n4)[nH]nc3n2)CC1. The first kappa shape index (κ1) is 24.9. The van der Waals surface area contributed by atoms with E-state index in [1.807, 2.05) is 32.2 Å². The third-order valence-electron chi connectivity index (χ3n) is 6.04. The molecule has 0 saturated heterocycles. The van der Waals surface area contributed by atoms with E-state index in [2.05, 4.69) is 57.5 Å². The number of carbonyl (C=O) groups excluding carboxylic acids is 1. The van der Waals surface area contributed by atoms with Gasteiger partial charge >= 0.3 is 6.09 Å². The third kappa shape index (κ3) is 6.50. The topological polar surface area (TPSA) is 143 Å². The van der Waals surface area contributed by atoms with Crippen LogP contribution >= 0.6 is 11.3 Å². The lowest BCUT2D eigenvalue weighted by molar-refractivity contribution is 0.0492. The van der Waals surface area contributed by atoms with E-state index in [-0.39, 0.29) is 18.2 Å². The van der Waals surface area contributed by atoms with Crippen LogP contribution in [0.25, 0.3) is 22.4 Å². The Labute approximate surface area is 218 Å². The summed E-state index contributed by atoms with van der Waals surface area (Å²) in [5, 5.41) is 22.0. The second-order valence-corrected chi connectivity index (χ2v) is 10.9.